The monoisotopic (exact) mass is 986 g/mol. The second kappa shape index (κ2) is 16.9. The molecule has 10 rings (SSSR count). The molecule has 2 spiro atoms. The summed E-state index contributed by atoms with van der Waals surface area (Å²) >= 11 is 0. The van der Waals surface area contributed by atoms with Crippen molar-refractivity contribution in [1.29, 1.82) is 0 Å². The van der Waals surface area contributed by atoms with E-state index in [1.165, 1.54) is 11.1 Å². The van der Waals surface area contributed by atoms with Gasteiger partial charge in [0.1, 0.15) is 0 Å². The van der Waals surface area contributed by atoms with Crippen LogP contribution >= 0.6 is 0 Å². The summed E-state index contributed by atoms with van der Waals surface area (Å²) in [5.41, 5.74) is 1.47. The normalized spacial score (nSPS) is 31.7. The third-order valence-corrected chi connectivity index (χ3v) is 15.3. The summed E-state index contributed by atoms with van der Waals surface area (Å²) in [6, 6.07) is 8.09. The zero-order chi connectivity index (χ0) is 50.5. The molecule has 8 aliphatic rings. The number of carboxylic acids is 2. The number of ketones is 2. The first-order valence-corrected chi connectivity index (χ1v) is 21.3. The minimum atomic E-state index is -5.35. The molecule has 4 aliphatic carbocycles. The minimum Gasteiger partial charge on any atom is -0.493 e. The average Bonchev–Trinajstić information content (AvgIpc) is 3.84. The number of carbonyl (C=O) groups excluding carboxylic acids is 2. The van der Waals surface area contributed by atoms with E-state index >= 15 is 0 Å². The Balaban J connectivity index is 0.000000143. The summed E-state index contributed by atoms with van der Waals surface area (Å²) in [6.45, 7) is -3.66. The maximum absolute atomic E-state index is 12.7. The van der Waals surface area contributed by atoms with E-state index in [1.54, 1.807) is 14.2 Å². The number of aliphatic hydroxyl groups is 2. The van der Waals surface area contributed by atoms with Crippen molar-refractivity contribution in [2.75, 3.05) is 54.8 Å². The van der Waals surface area contributed by atoms with Gasteiger partial charge >= 0.3 is 35.6 Å². The zero-order valence-electron chi connectivity index (χ0n) is 36.8. The maximum atomic E-state index is 12.7. The Morgan fingerprint density at radius 1 is 0.647 bits per heavy atom. The molecule has 14 nitrogen and oxygen atoms in total. The Kier molecular flexibility index (Phi) is 12.6. The molecule has 0 unspecified atom stereocenters. The number of hydrogen-bond donors (Lipinski definition) is 4. The van der Waals surface area contributed by atoms with Crippen LogP contribution in [0.25, 0.3) is 0 Å². The molecule has 8 atom stereocenters. The van der Waals surface area contributed by atoms with Crippen LogP contribution in [0.1, 0.15) is 60.8 Å². The lowest BCUT2D eigenvalue weighted by molar-refractivity contribution is -0.228. The SMILES string of the molecule is COc1ccc2c3c1O[C@H]1C(=O)CC[C@@]4(O)[C@@H](C2)N(C)CC[C@]314.COc1ccc2c3c1O[C@H]1C(=O)CC[C@@]4(O)[C@@H](C2)N(C)CC[C@]314.O=C(O)C(F)(F)C(F)(F)CF.O=C(O)C(F)(F)C(F)(F)CF. The Labute approximate surface area is 381 Å². The zero-order valence-corrected chi connectivity index (χ0v) is 36.8. The smallest absolute Gasteiger partial charge is 0.406 e. The third kappa shape index (κ3) is 6.87. The van der Waals surface area contributed by atoms with E-state index in [2.05, 4.69) is 36.0 Å². The predicted molar refractivity (Wildman–Crippen MR) is 213 cm³/mol. The van der Waals surface area contributed by atoms with E-state index in [0.717, 1.165) is 49.9 Å². The number of piperidine rings is 2. The van der Waals surface area contributed by atoms with E-state index in [1.807, 2.05) is 12.1 Å². The van der Waals surface area contributed by atoms with Crippen LogP contribution in [0.2, 0.25) is 0 Å². The first kappa shape index (κ1) is 50.9. The van der Waals surface area contributed by atoms with Crippen molar-refractivity contribution in [3.8, 4) is 23.0 Å². The molecule has 376 valence electrons. The molecule has 2 saturated carbocycles. The topological polar surface area (TPSA) is 193 Å². The molecule has 2 saturated heterocycles. The lowest BCUT2D eigenvalue weighted by Gasteiger charge is -2.62. The fraction of sp³-hybridized carbons (Fsp3) is 0.636. The van der Waals surface area contributed by atoms with Gasteiger partial charge < -0.3 is 49.2 Å². The number of ether oxygens (including phenoxy) is 4. The number of halogens is 10. The van der Waals surface area contributed by atoms with E-state index in [-0.39, 0.29) is 23.7 Å². The van der Waals surface area contributed by atoms with Gasteiger partial charge in [-0.2, -0.15) is 35.1 Å². The van der Waals surface area contributed by atoms with Gasteiger partial charge in [-0.1, -0.05) is 12.1 Å². The largest absolute Gasteiger partial charge is 0.493 e. The molecule has 0 amide bonds. The molecule has 24 heteroatoms. The van der Waals surface area contributed by atoms with Crippen LogP contribution in [-0.2, 0) is 42.8 Å². The Morgan fingerprint density at radius 3 is 1.26 bits per heavy atom. The molecule has 4 aliphatic heterocycles. The van der Waals surface area contributed by atoms with Crippen molar-refractivity contribution in [3.05, 3.63) is 46.5 Å². The molecule has 4 N–H and O–H groups in total. The number of likely N-dealkylation sites (tertiary alicyclic amines) is 2. The standard InChI is InChI=1S/2C18H21NO4.2C4H3F5O2/c2*1-19-8-7-17-14-10-3-4-12(22-2)15(14)23-16(17)11(20)5-6-18(17,21)13(19)9-10;2*5-1-3(6,7)4(8,9)2(10)11/h2*3-4,13,16,21H,5-9H2,1-2H3;2*1H2,(H,10,11)/t2*13-,16+,17+,18-;;/m11../s1. The first-order chi connectivity index (χ1) is 31.6. The molecule has 2 aromatic carbocycles. The lowest BCUT2D eigenvalue weighted by atomic mass is 9.49. The molecular weight excluding hydrogens is 938 g/mol. The number of carboxylic acid groups (broad SMARTS) is 2. The van der Waals surface area contributed by atoms with Crippen LogP contribution in [0.15, 0.2) is 24.3 Å². The second-order valence-corrected chi connectivity index (χ2v) is 18.3. The van der Waals surface area contributed by atoms with Gasteiger partial charge in [-0.05, 0) is 89.0 Å². The van der Waals surface area contributed by atoms with Crippen LogP contribution in [0.3, 0.4) is 0 Å². The predicted octanol–water partition coefficient (Wildman–Crippen LogP) is 4.72. The van der Waals surface area contributed by atoms with Crippen molar-refractivity contribution in [2.45, 2.75) is 121 Å². The van der Waals surface area contributed by atoms with Gasteiger partial charge in [-0.3, -0.25) is 9.59 Å². The van der Waals surface area contributed by atoms with Gasteiger partial charge in [0.2, 0.25) is 0 Å². The quantitative estimate of drug-likeness (QED) is 0.266. The summed E-state index contributed by atoms with van der Waals surface area (Å²) in [6.07, 6.45) is 3.79. The summed E-state index contributed by atoms with van der Waals surface area (Å²) < 4.78 is 139. The van der Waals surface area contributed by atoms with Gasteiger partial charge in [0.25, 0.3) is 0 Å². The van der Waals surface area contributed by atoms with Crippen molar-refractivity contribution in [1.82, 2.24) is 9.80 Å². The van der Waals surface area contributed by atoms with Gasteiger partial charge in [0.15, 0.2) is 60.1 Å². The number of methoxy groups -OCH3 is 2. The molecular formula is C44H48F10N2O12. The number of nitrogens with zero attached hydrogens (tertiary/aromatic N) is 2. The van der Waals surface area contributed by atoms with Crippen molar-refractivity contribution in [3.63, 3.8) is 0 Å². The molecule has 4 fully saturated rings. The van der Waals surface area contributed by atoms with Crippen LogP contribution < -0.4 is 18.9 Å². The van der Waals surface area contributed by atoms with Crippen LogP contribution in [0.4, 0.5) is 43.9 Å². The molecule has 4 bridgehead atoms. The highest BCUT2D eigenvalue weighted by Gasteiger charge is 2.74. The van der Waals surface area contributed by atoms with Crippen LogP contribution in [0.5, 0.6) is 23.0 Å². The number of Topliss-reactive ketones (excluding diaryl/α,β-unsaturated/α-hetero) is 2. The summed E-state index contributed by atoms with van der Waals surface area (Å²) in [7, 11) is 7.39. The van der Waals surface area contributed by atoms with Gasteiger partial charge in [-0.25, -0.2) is 18.4 Å². The van der Waals surface area contributed by atoms with E-state index < -0.39 is 83.2 Å². The van der Waals surface area contributed by atoms with Gasteiger partial charge in [0, 0.05) is 36.1 Å². The summed E-state index contributed by atoms with van der Waals surface area (Å²) in [5.74, 6) is -24.1. The Morgan fingerprint density at radius 2 is 0.985 bits per heavy atom. The number of hydrogen-bond acceptors (Lipinski definition) is 12. The molecule has 0 radical (unpaired) electrons. The van der Waals surface area contributed by atoms with E-state index in [4.69, 9.17) is 29.2 Å². The van der Waals surface area contributed by atoms with Gasteiger partial charge in [0.05, 0.1) is 36.3 Å². The number of alkyl halides is 10. The highest BCUT2D eigenvalue weighted by atomic mass is 19.3. The first-order valence-electron chi connectivity index (χ1n) is 21.3. The maximum Gasteiger partial charge on any atom is 0.406 e. The summed E-state index contributed by atoms with van der Waals surface area (Å²) in [4.78, 5) is 48.7. The highest BCUT2D eigenvalue weighted by molar-refractivity contribution is 5.91. The van der Waals surface area contributed by atoms with Crippen LogP contribution in [0, 0.1) is 0 Å². The van der Waals surface area contributed by atoms with Crippen molar-refractivity contribution >= 4 is 23.5 Å². The van der Waals surface area contributed by atoms with Crippen LogP contribution in [-0.4, -0.2) is 168 Å². The Hall–Kier alpha value is -4.94. The highest BCUT2D eigenvalue weighted by Crippen LogP contribution is 2.66. The fourth-order valence-corrected chi connectivity index (χ4v) is 11.9. The van der Waals surface area contributed by atoms with Crippen molar-refractivity contribution < 1.29 is 102 Å². The molecule has 4 heterocycles. The molecule has 68 heavy (non-hydrogen) atoms. The lowest BCUT2D eigenvalue weighted by Crippen LogP contribution is -2.76. The number of benzene rings is 2. The van der Waals surface area contributed by atoms with E-state index in [0.29, 0.717) is 48.7 Å². The van der Waals surface area contributed by atoms with E-state index in [9.17, 15) is 73.3 Å². The van der Waals surface area contributed by atoms with Crippen molar-refractivity contribution in [2.24, 2.45) is 0 Å². The number of rotatable bonds is 8. The second-order valence-electron chi connectivity index (χ2n) is 18.3. The minimum absolute atomic E-state index is 0.0438. The summed E-state index contributed by atoms with van der Waals surface area (Å²) in [5, 5.41) is 38.5. The fourth-order valence-electron chi connectivity index (χ4n) is 11.9. The third-order valence-electron chi connectivity index (χ3n) is 15.3. The average molecular weight is 987 g/mol. The van der Waals surface area contributed by atoms with Gasteiger partial charge in [-0.15, -0.1) is 0 Å². The number of likely N-dealkylation sites (N-methyl/N-ethyl adjacent to an activating group) is 2. The molecule has 2 aromatic rings. The number of carbonyl (C=O) groups is 4. The molecule has 0 aromatic heterocycles. The number of aliphatic carboxylic acids is 2. The Bertz CT molecular complexity index is 2230.